The Hall–Kier alpha value is -1.26. The molecule has 1 rings (SSSR count). The minimum atomic E-state index is -0.987. The van der Waals surface area contributed by atoms with Gasteiger partial charge < -0.3 is 15.7 Å². The molecule has 0 bridgehead atoms. The Morgan fingerprint density at radius 3 is 2.00 bits per heavy atom. The largest absolute Gasteiger partial charge is 0.480 e. The summed E-state index contributed by atoms with van der Waals surface area (Å²) in [5.74, 6) is -1.08. The molecule has 0 aromatic heterocycles. The van der Waals surface area contributed by atoms with E-state index in [0.717, 1.165) is 0 Å². The number of urea groups is 1. The summed E-state index contributed by atoms with van der Waals surface area (Å²) in [6.45, 7) is 12.1. The zero-order valence-corrected chi connectivity index (χ0v) is 12.7. The predicted octanol–water partition coefficient (Wildman–Crippen LogP) is 2.22. The number of amides is 2. The van der Waals surface area contributed by atoms with Crippen molar-refractivity contribution in [3.8, 4) is 0 Å². The van der Waals surface area contributed by atoms with Crippen molar-refractivity contribution in [3.05, 3.63) is 0 Å². The second-order valence-electron chi connectivity index (χ2n) is 6.70. The molecule has 2 amide bonds. The van der Waals surface area contributed by atoms with E-state index >= 15 is 0 Å². The van der Waals surface area contributed by atoms with E-state index in [4.69, 9.17) is 5.11 Å². The van der Waals surface area contributed by atoms with E-state index in [1.54, 1.807) is 0 Å². The molecule has 5 nitrogen and oxygen atoms in total. The van der Waals surface area contributed by atoms with Crippen LogP contribution in [0.2, 0.25) is 0 Å². The van der Waals surface area contributed by atoms with Gasteiger partial charge in [0, 0.05) is 6.04 Å². The molecule has 1 unspecified atom stereocenters. The third kappa shape index (κ3) is 2.85. The van der Waals surface area contributed by atoms with Crippen LogP contribution in [-0.4, -0.2) is 29.2 Å². The van der Waals surface area contributed by atoms with Crippen LogP contribution in [0.3, 0.4) is 0 Å². The van der Waals surface area contributed by atoms with Crippen molar-refractivity contribution in [3.63, 3.8) is 0 Å². The van der Waals surface area contributed by atoms with Crippen molar-refractivity contribution in [2.75, 3.05) is 0 Å². The Morgan fingerprint density at radius 2 is 1.68 bits per heavy atom. The lowest BCUT2D eigenvalue weighted by Crippen LogP contribution is -2.50. The molecule has 0 radical (unpaired) electrons. The molecule has 0 saturated heterocycles. The highest BCUT2D eigenvalue weighted by atomic mass is 16.4. The number of rotatable bonds is 5. The molecule has 0 aromatic carbocycles. The van der Waals surface area contributed by atoms with E-state index in [0.29, 0.717) is 6.42 Å². The van der Waals surface area contributed by atoms with Crippen LogP contribution in [-0.2, 0) is 4.79 Å². The van der Waals surface area contributed by atoms with Crippen LogP contribution in [0, 0.1) is 16.7 Å². The van der Waals surface area contributed by atoms with Gasteiger partial charge in [-0.1, -0.05) is 48.0 Å². The summed E-state index contributed by atoms with van der Waals surface area (Å²) in [7, 11) is 0. The van der Waals surface area contributed by atoms with Gasteiger partial charge in [-0.15, -0.1) is 0 Å². The van der Waals surface area contributed by atoms with E-state index in [2.05, 4.69) is 38.3 Å². The third-order valence-corrected chi connectivity index (χ3v) is 5.06. The van der Waals surface area contributed by atoms with Gasteiger partial charge in [-0.05, 0) is 16.7 Å². The van der Waals surface area contributed by atoms with Crippen molar-refractivity contribution >= 4 is 12.0 Å². The number of carboxylic acid groups (broad SMARTS) is 1. The maximum atomic E-state index is 11.9. The molecular weight excluding hydrogens is 244 g/mol. The Balaban J connectivity index is 2.59. The molecule has 3 N–H and O–H groups in total. The van der Waals surface area contributed by atoms with E-state index in [1.165, 1.54) is 0 Å². The molecule has 110 valence electrons. The highest BCUT2D eigenvalue weighted by Crippen LogP contribution is 2.62. The number of carbonyl (C=O) groups is 2. The first kappa shape index (κ1) is 15.8. The zero-order chi connectivity index (χ0) is 15.0. The van der Waals surface area contributed by atoms with Gasteiger partial charge in [0.05, 0.1) is 0 Å². The van der Waals surface area contributed by atoms with Crippen LogP contribution in [0.15, 0.2) is 0 Å². The van der Waals surface area contributed by atoms with Crippen molar-refractivity contribution in [2.24, 2.45) is 16.7 Å². The van der Waals surface area contributed by atoms with Gasteiger partial charge in [0.2, 0.25) is 0 Å². The van der Waals surface area contributed by atoms with Crippen molar-refractivity contribution in [2.45, 2.75) is 60.0 Å². The summed E-state index contributed by atoms with van der Waals surface area (Å²) in [5.41, 5.74) is 0.0822. The van der Waals surface area contributed by atoms with Crippen LogP contribution < -0.4 is 10.6 Å². The molecule has 0 heterocycles. The Labute approximate surface area is 115 Å². The molecule has 0 aliphatic heterocycles. The average Bonchev–Trinajstić information content (AvgIpc) is 2.67. The maximum Gasteiger partial charge on any atom is 0.326 e. The molecule has 1 aliphatic carbocycles. The number of carboxylic acids is 1. The van der Waals surface area contributed by atoms with Crippen LogP contribution in [0.1, 0.15) is 48.0 Å². The Kier molecular flexibility index (Phi) is 4.17. The molecule has 2 atom stereocenters. The molecule has 5 heteroatoms. The summed E-state index contributed by atoms with van der Waals surface area (Å²) in [6, 6.07) is -1.15. The van der Waals surface area contributed by atoms with Crippen LogP contribution >= 0.6 is 0 Å². The first-order valence-corrected chi connectivity index (χ1v) is 6.85. The zero-order valence-electron chi connectivity index (χ0n) is 12.7. The van der Waals surface area contributed by atoms with Gasteiger partial charge in [0.15, 0.2) is 0 Å². The fourth-order valence-corrected chi connectivity index (χ4v) is 2.55. The highest BCUT2D eigenvalue weighted by Gasteiger charge is 2.65. The smallest absolute Gasteiger partial charge is 0.326 e. The molecule has 1 saturated carbocycles. The number of nitrogens with one attached hydrogen (secondary N) is 2. The minimum Gasteiger partial charge on any atom is -0.480 e. The molecule has 19 heavy (non-hydrogen) atoms. The van der Waals surface area contributed by atoms with Gasteiger partial charge in [-0.3, -0.25) is 0 Å². The van der Waals surface area contributed by atoms with Gasteiger partial charge in [-0.2, -0.15) is 0 Å². The van der Waals surface area contributed by atoms with Crippen LogP contribution in [0.25, 0.3) is 0 Å². The summed E-state index contributed by atoms with van der Waals surface area (Å²) in [6.07, 6.45) is 0.706. The Morgan fingerprint density at radius 1 is 1.21 bits per heavy atom. The van der Waals surface area contributed by atoms with E-state index < -0.39 is 18.0 Å². The maximum absolute atomic E-state index is 11.9. The number of carbonyl (C=O) groups excluding carboxylic acids is 1. The molecule has 1 fully saturated rings. The molecular formula is C14H26N2O3. The summed E-state index contributed by atoms with van der Waals surface area (Å²) < 4.78 is 0. The first-order valence-electron chi connectivity index (χ1n) is 6.85. The van der Waals surface area contributed by atoms with E-state index in [-0.39, 0.29) is 22.8 Å². The SMILES string of the molecule is CCC(C)[C@H](NC(=O)NC1C(C)(C)C1(C)C)C(=O)O. The number of aliphatic carboxylic acids is 1. The fraction of sp³-hybridized carbons (Fsp3) is 0.857. The highest BCUT2D eigenvalue weighted by molar-refractivity contribution is 5.83. The summed E-state index contributed by atoms with van der Waals surface area (Å²) >= 11 is 0. The quantitative estimate of drug-likeness (QED) is 0.716. The van der Waals surface area contributed by atoms with Crippen molar-refractivity contribution in [1.29, 1.82) is 0 Å². The van der Waals surface area contributed by atoms with Gasteiger partial charge >= 0.3 is 12.0 Å². The lowest BCUT2D eigenvalue weighted by atomic mass is 9.99. The predicted molar refractivity (Wildman–Crippen MR) is 73.9 cm³/mol. The topological polar surface area (TPSA) is 78.4 Å². The van der Waals surface area contributed by atoms with Gasteiger partial charge in [0.1, 0.15) is 6.04 Å². The molecule has 1 aliphatic rings. The lowest BCUT2D eigenvalue weighted by molar-refractivity contribution is -0.140. The third-order valence-electron chi connectivity index (χ3n) is 5.06. The van der Waals surface area contributed by atoms with Gasteiger partial charge in [0.25, 0.3) is 0 Å². The van der Waals surface area contributed by atoms with E-state index in [9.17, 15) is 9.59 Å². The van der Waals surface area contributed by atoms with Crippen molar-refractivity contribution in [1.82, 2.24) is 10.6 Å². The van der Waals surface area contributed by atoms with E-state index in [1.807, 2.05) is 13.8 Å². The monoisotopic (exact) mass is 270 g/mol. The number of hydrogen-bond acceptors (Lipinski definition) is 2. The second kappa shape index (κ2) is 5.02. The minimum absolute atomic E-state index is 0.0411. The summed E-state index contributed by atoms with van der Waals surface area (Å²) in [5, 5.41) is 14.6. The molecule has 0 spiro atoms. The van der Waals surface area contributed by atoms with Crippen molar-refractivity contribution < 1.29 is 14.7 Å². The first-order chi connectivity index (χ1) is 8.55. The normalized spacial score (nSPS) is 23.3. The fourth-order valence-electron chi connectivity index (χ4n) is 2.55. The van der Waals surface area contributed by atoms with Crippen LogP contribution in [0.5, 0.6) is 0 Å². The second-order valence-corrected chi connectivity index (χ2v) is 6.70. The number of hydrogen-bond donors (Lipinski definition) is 3. The lowest BCUT2D eigenvalue weighted by Gasteiger charge is -2.20. The Bertz CT molecular complexity index is 363. The average molecular weight is 270 g/mol. The standard InChI is InChI=1S/C14H26N2O3/c1-7-8(2)9(10(17)18)15-12(19)16-11-13(3,4)14(11,5)6/h8-9,11H,7H2,1-6H3,(H,17,18)(H2,15,16,19)/t8?,9-/m0/s1. The van der Waals surface area contributed by atoms with Crippen LogP contribution in [0.4, 0.5) is 4.79 Å². The van der Waals surface area contributed by atoms with Gasteiger partial charge in [-0.25, -0.2) is 9.59 Å². The molecule has 0 aromatic rings. The summed E-state index contributed by atoms with van der Waals surface area (Å²) in [4.78, 5) is 23.1.